The van der Waals surface area contributed by atoms with E-state index in [1.807, 2.05) is 13.0 Å². The van der Waals surface area contributed by atoms with E-state index in [0.717, 1.165) is 28.7 Å². The molecule has 1 aromatic carbocycles. The molecule has 0 bridgehead atoms. The Bertz CT molecular complexity index is 411. The molecule has 0 saturated heterocycles. The predicted molar refractivity (Wildman–Crippen MR) is 79.3 cm³/mol. The SMILES string of the molecule is CC(C)N(CC1CC1)c1ccc([C@@H](C)N)cc1Cl. The van der Waals surface area contributed by atoms with Gasteiger partial charge < -0.3 is 10.6 Å². The molecule has 0 aromatic heterocycles. The molecule has 1 aliphatic carbocycles. The second-order valence-electron chi connectivity index (χ2n) is 5.69. The number of hydrogen-bond donors (Lipinski definition) is 1. The zero-order chi connectivity index (χ0) is 13.3. The van der Waals surface area contributed by atoms with Crippen LogP contribution in [-0.4, -0.2) is 12.6 Å². The molecule has 1 saturated carbocycles. The highest BCUT2D eigenvalue weighted by atomic mass is 35.5. The summed E-state index contributed by atoms with van der Waals surface area (Å²) in [6, 6.07) is 6.72. The van der Waals surface area contributed by atoms with Crippen LogP contribution in [-0.2, 0) is 0 Å². The molecule has 0 radical (unpaired) electrons. The average Bonchev–Trinajstić information content (AvgIpc) is 3.09. The lowest BCUT2D eigenvalue weighted by Crippen LogP contribution is -2.33. The van der Waals surface area contributed by atoms with Crippen LogP contribution < -0.4 is 10.6 Å². The molecule has 0 aliphatic heterocycles. The largest absolute Gasteiger partial charge is 0.368 e. The van der Waals surface area contributed by atoms with E-state index in [1.54, 1.807) is 0 Å². The first-order valence-corrected chi connectivity index (χ1v) is 7.18. The first-order valence-electron chi connectivity index (χ1n) is 6.80. The molecule has 2 nitrogen and oxygen atoms in total. The third-order valence-electron chi connectivity index (χ3n) is 3.58. The van der Waals surface area contributed by atoms with Crippen molar-refractivity contribution in [1.29, 1.82) is 0 Å². The Kier molecular flexibility index (Phi) is 4.18. The molecule has 1 atom stereocenters. The number of nitrogens with zero attached hydrogens (tertiary/aromatic N) is 1. The summed E-state index contributed by atoms with van der Waals surface area (Å²) in [5.41, 5.74) is 8.12. The van der Waals surface area contributed by atoms with E-state index in [9.17, 15) is 0 Å². The topological polar surface area (TPSA) is 29.3 Å². The van der Waals surface area contributed by atoms with E-state index >= 15 is 0 Å². The van der Waals surface area contributed by atoms with Gasteiger partial charge in [0, 0.05) is 18.6 Å². The maximum absolute atomic E-state index is 6.42. The highest BCUT2D eigenvalue weighted by Crippen LogP contribution is 2.35. The summed E-state index contributed by atoms with van der Waals surface area (Å²) in [5, 5.41) is 0.819. The van der Waals surface area contributed by atoms with Crippen LogP contribution >= 0.6 is 11.6 Å². The number of hydrogen-bond acceptors (Lipinski definition) is 2. The molecule has 0 unspecified atom stereocenters. The summed E-state index contributed by atoms with van der Waals surface area (Å²) in [6.07, 6.45) is 2.72. The molecule has 0 spiro atoms. The Labute approximate surface area is 115 Å². The second kappa shape index (κ2) is 5.50. The van der Waals surface area contributed by atoms with Crippen LogP contribution in [0.1, 0.15) is 45.2 Å². The van der Waals surface area contributed by atoms with Gasteiger partial charge in [-0.1, -0.05) is 17.7 Å². The molecule has 2 N–H and O–H groups in total. The molecule has 0 amide bonds. The fourth-order valence-corrected chi connectivity index (χ4v) is 2.50. The molecule has 0 heterocycles. The van der Waals surface area contributed by atoms with E-state index in [4.69, 9.17) is 17.3 Å². The second-order valence-corrected chi connectivity index (χ2v) is 6.10. The minimum atomic E-state index is 0.0347. The van der Waals surface area contributed by atoms with Crippen LogP contribution in [0.5, 0.6) is 0 Å². The van der Waals surface area contributed by atoms with Crippen molar-refractivity contribution >= 4 is 17.3 Å². The molecule has 1 fully saturated rings. The number of rotatable bonds is 5. The molecule has 3 heteroatoms. The molecule has 18 heavy (non-hydrogen) atoms. The summed E-state index contributed by atoms with van der Waals surface area (Å²) in [5.74, 6) is 0.858. The van der Waals surface area contributed by atoms with Gasteiger partial charge in [0.2, 0.25) is 0 Å². The first-order chi connectivity index (χ1) is 8.49. The van der Waals surface area contributed by atoms with Crippen LogP contribution in [0.25, 0.3) is 0 Å². The fraction of sp³-hybridized carbons (Fsp3) is 0.600. The van der Waals surface area contributed by atoms with Crippen LogP contribution in [0.4, 0.5) is 5.69 Å². The maximum Gasteiger partial charge on any atom is 0.0642 e. The number of anilines is 1. The Hall–Kier alpha value is -0.730. The van der Waals surface area contributed by atoms with Gasteiger partial charge in [-0.2, -0.15) is 0 Å². The number of benzene rings is 1. The summed E-state index contributed by atoms with van der Waals surface area (Å²) in [6.45, 7) is 7.54. The smallest absolute Gasteiger partial charge is 0.0642 e. The van der Waals surface area contributed by atoms with Crippen molar-refractivity contribution in [3.05, 3.63) is 28.8 Å². The normalized spacial score (nSPS) is 17.0. The van der Waals surface area contributed by atoms with Crippen molar-refractivity contribution in [2.24, 2.45) is 11.7 Å². The van der Waals surface area contributed by atoms with Gasteiger partial charge in [-0.3, -0.25) is 0 Å². The van der Waals surface area contributed by atoms with Gasteiger partial charge >= 0.3 is 0 Å². The Morgan fingerprint density at radius 2 is 2.00 bits per heavy atom. The zero-order valence-corrected chi connectivity index (χ0v) is 12.2. The van der Waals surface area contributed by atoms with E-state index in [2.05, 4.69) is 30.9 Å². The summed E-state index contributed by atoms with van der Waals surface area (Å²) in [7, 11) is 0. The molecular weight excluding hydrogens is 244 g/mol. The van der Waals surface area contributed by atoms with Crippen molar-refractivity contribution in [2.75, 3.05) is 11.4 Å². The average molecular weight is 267 g/mol. The number of nitrogens with two attached hydrogens (primary N) is 1. The van der Waals surface area contributed by atoms with Gasteiger partial charge in [0.1, 0.15) is 0 Å². The number of halogens is 1. The Morgan fingerprint density at radius 3 is 2.44 bits per heavy atom. The third-order valence-corrected chi connectivity index (χ3v) is 3.88. The van der Waals surface area contributed by atoms with E-state index in [1.165, 1.54) is 12.8 Å². The van der Waals surface area contributed by atoms with Crippen molar-refractivity contribution in [1.82, 2.24) is 0 Å². The lowest BCUT2D eigenvalue weighted by atomic mass is 10.1. The van der Waals surface area contributed by atoms with Crippen LogP contribution in [0, 0.1) is 5.92 Å². The van der Waals surface area contributed by atoms with Crippen LogP contribution in [0.2, 0.25) is 5.02 Å². The van der Waals surface area contributed by atoms with Crippen molar-refractivity contribution in [3.63, 3.8) is 0 Å². The van der Waals surface area contributed by atoms with Gasteiger partial charge in [0.25, 0.3) is 0 Å². The van der Waals surface area contributed by atoms with Crippen molar-refractivity contribution < 1.29 is 0 Å². The summed E-state index contributed by atoms with van der Waals surface area (Å²) < 4.78 is 0. The summed E-state index contributed by atoms with van der Waals surface area (Å²) >= 11 is 6.42. The zero-order valence-electron chi connectivity index (χ0n) is 11.5. The van der Waals surface area contributed by atoms with Crippen molar-refractivity contribution in [2.45, 2.75) is 45.7 Å². The fourth-order valence-electron chi connectivity index (χ4n) is 2.21. The predicted octanol–water partition coefficient (Wildman–Crippen LogP) is 3.98. The van der Waals surface area contributed by atoms with Crippen LogP contribution in [0.3, 0.4) is 0 Å². The van der Waals surface area contributed by atoms with Crippen LogP contribution in [0.15, 0.2) is 18.2 Å². The minimum Gasteiger partial charge on any atom is -0.368 e. The van der Waals surface area contributed by atoms with Gasteiger partial charge in [-0.05, 0) is 57.2 Å². The molecule has 1 aromatic rings. The lowest BCUT2D eigenvalue weighted by molar-refractivity contribution is 0.644. The van der Waals surface area contributed by atoms with E-state index in [0.29, 0.717) is 6.04 Å². The summed E-state index contributed by atoms with van der Waals surface area (Å²) in [4.78, 5) is 2.41. The maximum atomic E-state index is 6.42. The highest BCUT2D eigenvalue weighted by Gasteiger charge is 2.26. The van der Waals surface area contributed by atoms with Gasteiger partial charge in [0.15, 0.2) is 0 Å². The minimum absolute atomic E-state index is 0.0347. The first kappa shape index (κ1) is 13.7. The molecule has 100 valence electrons. The van der Waals surface area contributed by atoms with Gasteiger partial charge in [-0.15, -0.1) is 0 Å². The van der Waals surface area contributed by atoms with Gasteiger partial charge in [-0.25, -0.2) is 0 Å². The van der Waals surface area contributed by atoms with Crippen molar-refractivity contribution in [3.8, 4) is 0 Å². The Balaban J connectivity index is 2.23. The lowest BCUT2D eigenvalue weighted by Gasteiger charge is -2.30. The van der Waals surface area contributed by atoms with Gasteiger partial charge in [0.05, 0.1) is 10.7 Å². The standard InChI is InChI=1S/C15H23ClN2/c1-10(2)18(9-12-4-5-12)15-7-6-13(11(3)17)8-14(15)16/h6-8,10-12H,4-5,9,17H2,1-3H3/t11-/m1/s1. The molecular formula is C15H23ClN2. The Morgan fingerprint density at radius 1 is 1.33 bits per heavy atom. The quantitative estimate of drug-likeness (QED) is 0.873. The monoisotopic (exact) mass is 266 g/mol. The highest BCUT2D eigenvalue weighted by molar-refractivity contribution is 6.33. The third kappa shape index (κ3) is 3.18. The van der Waals surface area contributed by atoms with E-state index < -0.39 is 0 Å². The van der Waals surface area contributed by atoms with E-state index in [-0.39, 0.29) is 6.04 Å². The molecule has 1 aliphatic rings. The molecule has 2 rings (SSSR count).